The second-order valence-corrected chi connectivity index (χ2v) is 4.17. The SMILES string of the molecule is COc1ccc(CC(NN)c2nccn2C)cc1. The summed E-state index contributed by atoms with van der Waals surface area (Å²) in [6, 6.07) is 7.96. The fraction of sp³-hybridized carbons (Fsp3) is 0.308. The van der Waals surface area contributed by atoms with Crippen LogP contribution in [0.25, 0.3) is 0 Å². The van der Waals surface area contributed by atoms with E-state index in [0.717, 1.165) is 18.0 Å². The summed E-state index contributed by atoms with van der Waals surface area (Å²) < 4.78 is 7.10. The highest BCUT2D eigenvalue weighted by atomic mass is 16.5. The molecule has 0 radical (unpaired) electrons. The molecule has 0 saturated carbocycles. The van der Waals surface area contributed by atoms with Crippen molar-refractivity contribution in [1.82, 2.24) is 15.0 Å². The number of imidazole rings is 1. The Balaban J connectivity index is 2.13. The number of ether oxygens (including phenoxy) is 1. The van der Waals surface area contributed by atoms with Gasteiger partial charge in [0.2, 0.25) is 0 Å². The molecule has 2 rings (SSSR count). The lowest BCUT2D eigenvalue weighted by molar-refractivity contribution is 0.414. The van der Waals surface area contributed by atoms with Crippen LogP contribution in [0.5, 0.6) is 5.75 Å². The number of nitrogens with one attached hydrogen (secondary N) is 1. The molecule has 2 aromatic rings. The number of hydrazine groups is 1. The van der Waals surface area contributed by atoms with Crippen molar-refractivity contribution < 1.29 is 4.74 Å². The van der Waals surface area contributed by atoms with Gasteiger partial charge in [-0.25, -0.2) is 10.4 Å². The molecule has 1 aromatic carbocycles. The largest absolute Gasteiger partial charge is 0.497 e. The maximum absolute atomic E-state index is 5.61. The van der Waals surface area contributed by atoms with Crippen LogP contribution in [-0.4, -0.2) is 16.7 Å². The monoisotopic (exact) mass is 246 g/mol. The van der Waals surface area contributed by atoms with Crippen LogP contribution in [0.2, 0.25) is 0 Å². The van der Waals surface area contributed by atoms with Gasteiger partial charge >= 0.3 is 0 Å². The van der Waals surface area contributed by atoms with E-state index in [1.54, 1.807) is 13.3 Å². The summed E-state index contributed by atoms with van der Waals surface area (Å²) in [5, 5.41) is 0. The van der Waals surface area contributed by atoms with Gasteiger partial charge in [-0.05, 0) is 24.1 Å². The van der Waals surface area contributed by atoms with E-state index in [9.17, 15) is 0 Å². The van der Waals surface area contributed by atoms with E-state index in [4.69, 9.17) is 10.6 Å². The summed E-state index contributed by atoms with van der Waals surface area (Å²) in [7, 11) is 3.62. The van der Waals surface area contributed by atoms with Crippen LogP contribution in [0.4, 0.5) is 0 Å². The van der Waals surface area contributed by atoms with Crippen LogP contribution in [0.15, 0.2) is 36.7 Å². The second kappa shape index (κ2) is 5.66. The van der Waals surface area contributed by atoms with Crippen molar-refractivity contribution in [2.45, 2.75) is 12.5 Å². The van der Waals surface area contributed by atoms with Crippen molar-refractivity contribution in [3.63, 3.8) is 0 Å². The number of benzene rings is 1. The van der Waals surface area contributed by atoms with E-state index in [2.05, 4.69) is 10.4 Å². The zero-order valence-electron chi connectivity index (χ0n) is 10.6. The number of nitrogens with zero attached hydrogens (tertiary/aromatic N) is 2. The van der Waals surface area contributed by atoms with Gasteiger partial charge in [0, 0.05) is 19.4 Å². The molecule has 0 bridgehead atoms. The molecule has 0 amide bonds. The number of methoxy groups -OCH3 is 1. The molecule has 1 unspecified atom stereocenters. The Morgan fingerprint density at radius 3 is 2.61 bits per heavy atom. The number of nitrogens with two attached hydrogens (primary N) is 1. The van der Waals surface area contributed by atoms with Crippen molar-refractivity contribution in [3.05, 3.63) is 48.0 Å². The third kappa shape index (κ3) is 2.69. The van der Waals surface area contributed by atoms with Gasteiger partial charge in [-0.15, -0.1) is 0 Å². The lowest BCUT2D eigenvalue weighted by Gasteiger charge is -2.15. The molecular weight excluding hydrogens is 228 g/mol. The third-order valence-electron chi connectivity index (χ3n) is 2.97. The molecule has 0 aliphatic carbocycles. The maximum Gasteiger partial charge on any atom is 0.127 e. The molecule has 0 aliphatic rings. The molecule has 5 heteroatoms. The Morgan fingerprint density at radius 1 is 1.39 bits per heavy atom. The van der Waals surface area contributed by atoms with Crippen molar-refractivity contribution in [2.24, 2.45) is 12.9 Å². The van der Waals surface area contributed by atoms with Crippen LogP contribution in [-0.2, 0) is 13.5 Å². The van der Waals surface area contributed by atoms with E-state index in [1.165, 1.54) is 5.56 Å². The van der Waals surface area contributed by atoms with Gasteiger partial charge < -0.3 is 9.30 Å². The van der Waals surface area contributed by atoms with Gasteiger partial charge in [0.05, 0.1) is 13.2 Å². The predicted octanol–water partition coefficient (Wildman–Crippen LogP) is 1.18. The van der Waals surface area contributed by atoms with E-state index in [0.29, 0.717) is 0 Å². The fourth-order valence-corrected chi connectivity index (χ4v) is 1.93. The minimum Gasteiger partial charge on any atom is -0.497 e. The summed E-state index contributed by atoms with van der Waals surface area (Å²) in [6.07, 6.45) is 4.47. The number of hydrogen-bond acceptors (Lipinski definition) is 4. The first-order valence-corrected chi connectivity index (χ1v) is 5.81. The number of hydrogen-bond donors (Lipinski definition) is 2. The minimum absolute atomic E-state index is 0.00149. The normalized spacial score (nSPS) is 12.4. The predicted molar refractivity (Wildman–Crippen MR) is 70.0 cm³/mol. The first-order chi connectivity index (χ1) is 8.74. The maximum atomic E-state index is 5.61. The highest BCUT2D eigenvalue weighted by Crippen LogP contribution is 2.18. The van der Waals surface area contributed by atoms with Crippen molar-refractivity contribution in [1.29, 1.82) is 0 Å². The smallest absolute Gasteiger partial charge is 0.127 e. The van der Waals surface area contributed by atoms with Gasteiger partial charge in [-0.3, -0.25) is 5.84 Å². The minimum atomic E-state index is -0.00149. The van der Waals surface area contributed by atoms with E-state index < -0.39 is 0 Å². The van der Waals surface area contributed by atoms with Crippen LogP contribution >= 0.6 is 0 Å². The molecule has 1 heterocycles. The first-order valence-electron chi connectivity index (χ1n) is 5.81. The van der Waals surface area contributed by atoms with Crippen LogP contribution in [0.1, 0.15) is 17.4 Å². The molecule has 3 N–H and O–H groups in total. The molecule has 0 aliphatic heterocycles. The highest BCUT2D eigenvalue weighted by molar-refractivity contribution is 5.28. The average Bonchev–Trinajstić information content (AvgIpc) is 2.83. The Labute approximate surface area is 107 Å². The van der Waals surface area contributed by atoms with Crippen molar-refractivity contribution in [2.75, 3.05) is 7.11 Å². The van der Waals surface area contributed by atoms with Crippen LogP contribution in [0, 0.1) is 0 Å². The molecule has 5 nitrogen and oxygen atoms in total. The van der Waals surface area contributed by atoms with E-state index >= 15 is 0 Å². The second-order valence-electron chi connectivity index (χ2n) is 4.17. The summed E-state index contributed by atoms with van der Waals surface area (Å²) in [5.74, 6) is 7.39. The average molecular weight is 246 g/mol. The standard InChI is InChI=1S/C13H18N4O/c1-17-8-7-15-13(17)12(16-14)9-10-3-5-11(18-2)6-4-10/h3-8,12,16H,9,14H2,1-2H3. The Kier molecular flexibility index (Phi) is 3.96. The first kappa shape index (κ1) is 12.6. The molecule has 0 saturated heterocycles. The quantitative estimate of drug-likeness (QED) is 0.614. The Morgan fingerprint density at radius 2 is 2.11 bits per heavy atom. The third-order valence-corrected chi connectivity index (χ3v) is 2.97. The van der Waals surface area contributed by atoms with E-state index in [1.807, 2.05) is 42.1 Å². The molecule has 18 heavy (non-hydrogen) atoms. The summed E-state index contributed by atoms with van der Waals surface area (Å²) in [4.78, 5) is 4.31. The summed E-state index contributed by atoms with van der Waals surface area (Å²) in [6.45, 7) is 0. The van der Waals surface area contributed by atoms with Crippen LogP contribution in [0.3, 0.4) is 0 Å². The molecule has 1 atom stereocenters. The van der Waals surface area contributed by atoms with Gasteiger partial charge in [0.25, 0.3) is 0 Å². The lowest BCUT2D eigenvalue weighted by Crippen LogP contribution is -2.31. The lowest BCUT2D eigenvalue weighted by atomic mass is 10.1. The van der Waals surface area contributed by atoms with Crippen molar-refractivity contribution >= 4 is 0 Å². The molecule has 0 fully saturated rings. The Bertz CT molecular complexity index is 492. The highest BCUT2D eigenvalue weighted by Gasteiger charge is 2.14. The van der Waals surface area contributed by atoms with Gasteiger partial charge in [-0.2, -0.15) is 0 Å². The molecule has 1 aromatic heterocycles. The zero-order valence-corrected chi connectivity index (χ0v) is 10.6. The topological polar surface area (TPSA) is 65.1 Å². The number of aryl methyl sites for hydroxylation is 1. The number of rotatable bonds is 5. The van der Waals surface area contributed by atoms with Crippen molar-refractivity contribution in [3.8, 4) is 5.75 Å². The summed E-state index contributed by atoms with van der Waals surface area (Å²) >= 11 is 0. The fourth-order valence-electron chi connectivity index (χ4n) is 1.93. The molecule has 0 spiro atoms. The molecular formula is C13H18N4O. The van der Waals surface area contributed by atoms with Crippen LogP contribution < -0.4 is 16.0 Å². The number of aromatic nitrogens is 2. The van der Waals surface area contributed by atoms with Gasteiger partial charge in [0.15, 0.2) is 0 Å². The van der Waals surface area contributed by atoms with Gasteiger partial charge in [-0.1, -0.05) is 12.1 Å². The van der Waals surface area contributed by atoms with Gasteiger partial charge in [0.1, 0.15) is 11.6 Å². The zero-order chi connectivity index (χ0) is 13.0. The Hall–Kier alpha value is -1.85. The molecule has 96 valence electrons. The van der Waals surface area contributed by atoms with E-state index in [-0.39, 0.29) is 6.04 Å². The summed E-state index contributed by atoms with van der Waals surface area (Å²) in [5.41, 5.74) is 3.99.